The zero-order valence-electron chi connectivity index (χ0n) is 11.8. The summed E-state index contributed by atoms with van der Waals surface area (Å²) in [6.45, 7) is 0. The Labute approximate surface area is 128 Å². The fraction of sp³-hybridized carbons (Fsp3) is 0.294. The average Bonchev–Trinajstić information content (AvgIpc) is 3.29. The van der Waals surface area contributed by atoms with Crippen LogP contribution in [-0.4, -0.2) is 13.2 Å². The van der Waals surface area contributed by atoms with Gasteiger partial charge in [0.2, 0.25) is 0 Å². The Morgan fingerprint density at radius 2 is 2.00 bits per heavy atom. The van der Waals surface area contributed by atoms with Crippen molar-refractivity contribution in [1.29, 1.82) is 0 Å². The minimum Gasteiger partial charge on any atom is -0.490 e. The van der Waals surface area contributed by atoms with E-state index < -0.39 is 5.82 Å². The van der Waals surface area contributed by atoms with E-state index in [0.717, 1.165) is 29.7 Å². The van der Waals surface area contributed by atoms with Gasteiger partial charge in [0, 0.05) is 0 Å². The van der Waals surface area contributed by atoms with Gasteiger partial charge in [-0.05, 0) is 49.2 Å². The second kappa shape index (κ2) is 6.04. The van der Waals surface area contributed by atoms with Crippen molar-refractivity contribution in [3.8, 4) is 5.75 Å². The highest BCUT2D eigenvalue weighted by Crippen LogP contribution is 2.33. The minimum absolute atomic E-state index is 0.158. The summed E-state index contributed by atoms with van der Waals surface area (Å²) in [6.07, 6.45) is 2.59. The highest BCUT2D eigenvalue weighted by molar-refractivity contribution is 6.31. The van der Waals surface area contributed by atoms with Gasteiger partial charge < -0.3 is 10.1 Å². The van der Waals surface area contributed by atoms with E-state index in [0.29, 0.717) is 6.10 Å². The monoisotopic (exact) mass is 305 g/mol. The molecule has 2 aromatic carbocycles. The lowest BCUT2D eigenvalue weighted by atomic mass is 9.98. The Kier molecular flexibility index (Phi) is 4.13. The molecule has 1 fully saturated rings. The van der Waals surface area contributed by atoms with Crippen LogP contribution in [0.3, 0.4) is 0 Å². The quantitative estimate of drug-likeness (QED) is 0.888. The maximum absolute atomic E-state index is 13.7. The molecule has 4 heteroatoms. The molecule has 2 aromatic rings. The lowest BCUT2D eigenvalue weighted by molar-refractivity contribution is 0.302. The molecule has 1 saturated carbocycles. The summed E-state index contributed by atoms with van der Waals surface area (Å²) in [5.41, 5.74) is 1.73. The van der Waals surface area contributed by atoms with Crippen LogP contribution in [0.25, 0.3) is 0 Å². The average molecular weight is 306 g/mol. The van der Waals surface area contributed by atoms with Gasteiger partial charge in [-0.15, -0.1) is 0 Å². The molecular weight excluding hydrogens is 289 g/mol. The lowest BCUT2D eigenvalue weighted by Gasteiger charge is -2.19. The summed E-state index contributed by atoms with van der Waals surface area (Å²) in [4.78, 5) is 0. The van der Waals surface area contributed by atoms with Crippen molar-refractivity contribution < 1.29 is 9.13 Å². The van der Waals surface area contributed by atoms with Crippen LogP contribution in [0, 0.1) is 5.82 Å². The summed E-state index contributed by atoms with van der Waals surface area (Å²) in [5, 5.41) is 3.35. The molecule has 0 aliphatic heterocycles. The first kappa shape index (κ1) is 14.4. The first-order chi connectivity index (χ1) is 10.2. The number of hydrogen-bond donors (Lipinski definition) is 1. The van der Waals surface area contributed by atoms with Gasteiger partial charge in [-0.3, -0.25) is 0 Å². The van der Waals surface area contributed by atoms with E-state index in [9.17, 15) is 4.39 Å². The molecule has 21 heavy (non-hydrogen) atoms. The summed E-state index contributed by atoms with van der Waals surface area (Å²) in [6, 6.07) is 12.6. The number of ether oxygens (including phenoxy) is 1. The van der Waals surface area contributed by atoms with Crippen LogP contribution < -0.4 is 10.1 Å². The third-order valence-electron chi connectivity index (χ3n) is 3.60. The highest BCUT2D eigenvalue weighted by atomic mass is 35.5. The van der Waals surface area contributed by atoms with Crippen LogP contribution in [0.1, 0.15) is 30.0 Å². The van der Waals surface area contributed by atoms with E-state index >= 15 is 0 Å². The van der Waals surface area contributed by atoms with Crippen LogP contribution in [0.4, 0.5) is 4.39 Å². The second-order valence-electron chi connectivity index (χ2n) is 5.25. The van der Waals surface area contributed by atoms with E-state index in [2.05, 4.69) is 5.32 Å². The SMILES string of the molecule is CNC(c1cccc(OC2CC2)c1)c1cccc(F)c1Cl. The van der Waals surface area contributed by atoms with E-state index in [-0.39, 0.29) is 11.1 Å². The molecule has 110 valence electrons. The predicted octanol–water partition coefficient (Wildman–Crippen LogP) is 4.33. The summed E-state index contributed by atoms with van der Waals surface area (Å²) in [7, 11) is 1.83. The van der Waals surface area contributed by atoms with Crippen molar-refractivity contribution in [2.45, 2.75) is 25.0 Å². The van der Waals surface area contributed by atoms with Crippen molar-refractivity contribution in [2.24, 2.45) is 0 Å². The standard InChI is InChI=1S/C17H17ClFNO/c1-20-17(14-6-3-7-15(19)16(14)18)11-4-2-5-13(10-11)21-12-8-9-12/h2-7,10,12,17,20H,8-9H2,1H3. The number of halogens is 2. The topological polar surface area (TPSA) is 21.3 Å². The third kappa shape index (κ3) is 3.20. The number of nitrogens with one attached hydrogen (secondary N) is 1. The van der Waals surface area contributed by atoms with E-state index in [1.807, 2.05) is 37.4 Å². The Morgan fingerprint density at radius 3 is 2.71 bits per heavy atom. The van der Waals surface area contributed by atoms with Gasteiger partial charge in [0.05, 0.1) is 17.2 Å². The smallest absolute Gasteiger partial charge is 0.142 e. The molecule has 1 aliphatic carbocycles. The molecule has 0 aromatic heterocycles. The maximum atomic E-state index is 13.7. The third-order valence-corrected chi connectivity index (χ3v) is 4.00. The van der Waals surface area contributed by atoms with Crippen LogP contribution >= 0.6 is 11.6 Å². The van der Waals surface area contributed by atoms with Gasteiger partial charge in [0.1, 0.15) is 11.6 Å². The van der Waals surface area contributed by atoms with Crippen LogP contribution in [0.15, 0.2) is 42.5 Å². The molecule has 0 bridgehead atoms. The molecule has 1 N–H and O–H groups in total. The van der Waals surface area contributed by atoms with Crippen molar-refractivity contribution in [3.63, 3.8) is 0 Å². The molecule has 1 atom stereocenters. The van der Waals surface area contributed by atoms with Crippen molar-refractivity contribution in [2.75, 3.05) is 7.05 Å². The number of rotatable bonds is 5. The van der Waals surface area contributed by atoms with E-state index in [4.69, 9.17) is 16.3 Å². The normalized spacial score (nSPS) is 15.8. The van der Waals surface area contributed by atoms with Gasteiger partial charge in [-0.25, -0.2) is 4.39 Å². The Bertz CT molecular complexity index is 642. The van der Waals surface area contributed by atoms with Crippen LogP contribution in [-0.2, 0) is 0 Å². The first-order valence-corrected chi connectivity index (χ1v) is 7.44. The van der Waals surface area contributed by atoms with Gasteiger partial charge in [0.25, 0.3) is 0 Å². The van der Waals surface area contributed by atoms with Crippen molar-refractivity contribution >= 4 is 11.6 Å². The number of benzene rings is 2. The molecular formula is C17H17ClFNO. The largest absolute Gasteiger partial charge is 0.490 e. The molecule has 2 nitrogen and oxygen atoms in total. The molecule has 3 rings (SSSR count). The predicted molar refractivity (Wildman–Crippen MR) is 82.4 cm³/mol. The molecule has 0 radical (unpaired) electrons. The van der Waals surface area contributed by atoms with E-state index in [1.165, 1.54) is 6.07 Å². The van der Waals surface area contributed by atoms with Crippen molar-refractivity contribution in [1.82, 2.24) is 5.32 Å². The summed E-state index contributed by atoms with van der Waals surface area (Å²) >= 11 is 6.10. The van der Waals surface area contributed by atoms with Gasteiger partial charge in [-0.1, -0.05) is 35.9 Å². The minimum atomic E-state index is -0.403. The van der Waals surface area contributed by atoms with Crippen LogP contribution in [0.5, 0.6) is 5.75 Å². The fourth-order valence-electron chi connectivity index (χ4n) is 2.39. The molecule has 1 unspecified atom stereocenters. The van der Waals surface area contributed by atoms with Gasteiger partial charge in [-0.2, -0.15) is 0 Å². The van der Waals surface area contributed by atoms with E-state index in [1.54, 1.807) is 6.07 Å². The number of hydrogen-bond acceptors (Lipinski definition) is 2. The zero-order valence-corrected chi connectivity index (χ0v) is 12.5. The first-order valence-electron chi connectivity index (χ1n) is 7.07. The molecule has 0 saturated heterocycles. The van der Waals surface area contributed by atoms with Crippen LogP contribution in [0.2, 0.25) is 5.02 Å². The maximum Gasteiger partial charge on any atom is 0.142 e. The summed E-state index contributed by atoms with van der Waals surface area (Å²) < 4.78 is 19.5. The van der Waals surface area contributed by atoms with Gasteiger partial charge >= 0.3 is 0 Å². The Hall–Kier alpha value is -1.58. The van der Waals surface area contributed by atoms with Crippen molar-refractivity contribution in [3.05, 3.63) is 64.4 Å². The zero-order chi connectivity index (χ0) is 14.8. The van der Waals surface area contributed by atoms with Gasteiger partial charge in [0.15, 0.2) is 0 Å². The molecule has 0 amide bonds. The second-order valence-corrected chi connectivity index (χ2v) is 5.63. The molecule has 0 heterocycles. The lowest BCUT2D eigenvalue weighted by Crippen LogP contribution is -2.18. The molecule has 1 aliphatic rings. The Morgan fingerprint density at radius 1 is 1.24 bits per heavy atom. The molecule has 0 spiro atoms. The summed E-state index contributed by atoms with van der Waals surface area (Å²) in [5.74, 6) is 0.447. The highest BCUT2D eigenvalue weighted by Gasteiger charge is 2.24. The fourth-order valence-corrected chi connectivity index (χ4v) is 2.63. The Balaban J connectivity index is 1.93.